The van der Waals surface area contributed by atoms with Crippen LogP contribution in [0.2, 0.25) is 0 Å². The number of aliphatic carboxylic acids is 1. The first-order chi connectivity index (χ1) is 10.1. The Kier molecular flexibility index (Phi) is 3.27. The van der Waals surface area contributed by atoms with E-state index in [1.807, 2.05) is 0 Å². The van der Waals surface area contributed by atoms with E-state index in [0.29, 0.717) is 16.9 Å². The number of benzene rings is 1. The maximum atomic E-state index is 13.2. The van der Waals surface area contributed by atoms with E-state index in [0.717, 1.165) is 4.63 Å². The molecule has 2 heterocycles. The Morgan fingerprint density at radius 1 is 1.33 bits per heavy atom. The molecule has 0 spiro atoms. The van der Waals surface area contributed by atoms with Crippen LogP contribution in [0, 0.1) is 5.82 Å². The first-order valence-electron chi connectivity index (χ1n) is 6.16. The molecule has 3 rings (SSSR count). The third-order valence-corrected chi connectivity index (χ3v) is 3.07. The molecule has 0 fully saturated rings. The van der Waals surface area contributed by atoms with Crippen molar-refractivity contribution in [3.05, 3.63) is 53.5 Å². The number of halogens is 1. The van der Waals surface area contributed by atoms with Crippen molar-refractivity contribution in [1.82, 2.24) is 25.3 Å². The Hall–Kier alpha value is -2.90. The van der Waals surface area contributed by atoms with Crippen molar-refractivity contribution in [3.63, 3.8) is 0 Å². The second kappa shape index (κ2) is 5.23. The molecule has 7 nitrogen and oxygen atoms in total. The van der Waals surface area contributed by atoms with Gasteiger partial charge in [0.25, 0.3) is 0 Å². The average Bonchev–Trinajstić information content (AvgIpc) is 2.92. The van der Waals surface area contributed by atoms with Gasteiger partial charge in [-0.2, -0.15) is 5.10 Å². The van der Waals surface area contributed by atoms with Crippen LogP contribution in [0.25, 0.3) is 5.65 Å². The molecule has 0 bridgehead atoms. The fourth-order valence-corrected chi connectivity index (χ4v) is 2.07. The van der Waals surface area contributed by atoms with E-state index in [4.69, 9.17) is 0 Å². The van der Waals surface area contributed by atoms with E-state index in [1.54, 1.807) is 24.3 Å². The molecule has 106 valence electrons. The molecule has 1 aromatic carbocycles. The summed E-state index contributed by atoms with van der Waals surface area (Å²) in [5.74, 6) is -2.35. The van der Waals surface area contributed by atoms with E-state index < -0.39 is 17.7 Å². The summed E-state index contributed by atoms with van der Waals surface area (Å²) in [5, 5.41) is 24.2. The molecule has 0 aliphatic carbocycles. The summed E-state index contributed by atoms with van der Waals surface area (Å²) in [6, 6.07) is 8.99. The lowest BCUT2D eigenvalue weighted by atomic mass is 9.96. The van der Waals surface area contributed by atoms with E-state index >= 15 is 0 Å². The highest BCUT2D eigenvalue weighted by Gasteiger charge is 2.23. The van der Waals surface area contributed by atoms with Gasteiger partial charge in [0.1, 0.15) is 11.7 Å². The Balaban J connectivity index is 1.95. The van der Waals surface area contributed by atoms with Gasteiger partial charge in [-0.1, -0.05) is 12.1 Å². The van der Waals surface area contributed by atoms with Crippen LogP contribution in [-0.2, 0) is 11.2 Å². The van der Waals surface area contributed by atoms with Crippen molar-refractivity contribution in [3.8, 4) is 0 Å². The summed E-state index contributed by atoms with van der Waals surface area (Å²) in [5.41, 5.74) is 1.32. The number of fused-ring (bicyclic) bond motifs is 1. The lowest BCUT2D eigenvalue weighted by Crippen LogP contribution is -2.17. The smallest absolute Gasteiger partial charge is 0.313 e. The van der Waals surface area contributed by atoms with Gasteiger partial charge in [-0.15, -0.1) is 9.73 Å². The number of carboxylic acid groups (broad SMARTS) is 1. The van der Waals surface area contributed by atoms with Crippen LogP contribution in [0.15, 0.2) is 36.4 Å². The first kappa shape index (κ1) is 13.1. The maximum Gasteiger partial charge on any atom is 0.313 e. The molecule has 3 aromatic rings. The number of rotatable bonds is 4. The quantitative estimate of drug-likeness (QED) is 0.771. The molecule has 1 unspecified atom stereocenters. The molecule has 8 heteroatoms. The predicted octanol–water partition coefficient (Wildman–Crippen LogP) is 1.07. The van der Waals surface area contributed by atoms with Crippen molar-refractivity contribution < 1.29 is 14.3 Å². The van der Waals surface area contributed by atoms with Crippen LogP contribution in [-0.4, -0.2) is 36.3 Å². The Labute approximate surface area is 118 Å². The minimum atomic E-state index is -1.04. The molecule has 1 atom stereocenters. The molecule has 0 aliphatic heterocycles. The summed E-state index contributed by atoms with van der Waals surface area (Å²) in [7, 11) is 0. The second-order valence-electron chi connectivity index (χ2n) is 4.51. The Morgan fingerprint density at radius 2 is 2.19 bits per heavy atom. The molecule has 0 saturated heterocycles. The molecule has 0 radical (unpaired) electrons. The second-order valence-corrected chi connectivity index (χ2v) is 4.51. The molecule has 1 N–H and O–H groups in total. The standard InChI is InChI=1S/C13H10FN5O2/c14-9-3-1-2-8(6-9)7-10(13(20)21)11-4-5-12-15-17-18-19(12)16-11/h1-6,10H,7H2,(H,20,21). The maximum absolute atomic E-state index is 13.2. The number of carboxylic acids is 1. The number of aromatic nitrogens is 5. The third-order valence-electron chi connectivity index (χ3n) is 3.07. The molecular weight excluding hydrogens is 277 g/mol. The Bertz CT molecular complexity index is 804. The van der Waals surface area contributed by atoms with Crippen LogP contribution < -0.4 is 0 Å². The summed E-state index contributed by atoms with van der Waals surface area (Å²) in [4.78, 5) is 11.5. The zero-order valence-corrected chi connectivity index (χ0v) is 10.7. The van der Waals surface area contributed by atoms with E-state index in [2.05, 4.69) is 20.6 Å². The van der Waals surface area contributed by atoms with Crippen LogP contribution in [0.5, 0.6) is 0 Å². The van der Waals surface area contributed by atoms with Crippen molar-refractivity contribution in [1.29, 1.82) is 0 Å². The first-order valence-corrected chi connectivity index (χ1v) is 6.16. The summed E-state index contributed by atoms with van der Waals surface area (Å²) in [6.07, 6.45) is 0.133. The van der Waals surface area contributed by atoms with Crippen molar-refractivity contribution in [2.24, 2.45) is 0 Å². The van der Waals surface area contributed by atoms with Gasteiger partial charge in [0.15, 0.2) is 5.65 Å². The zero-order chi connectivity index (χ0) is 14.8. The van der Waals surface area contributed by atoms with Gasteiger partial charge >= 0.3 is 5.97 Å². The lowest BCUT2D eigenvalue weighted by molar-refractivity contribution is -0.138. The van der Waals surface area contributed by atoms with Crippen LogP contribution in [0.4, 0.5) is 4.39 Å². The highest BCUT2D eigenvalue weighted by Crippen LogP contribution is 2.20. The summed E-state index contributed by atoms with van der Waals surface area (Å²) in [6.45, 7) is 0. The molecule has 2 aromatic heterocycles. The fraction of sp³-hybridized carbons (Fsp3) is 0.154. The number of tetrazole rings is 1. The molecular formula is C13H10FN5O2. The van der Waals surface area contributed by atoms with E-state index in [1.165, 1.54) is 12.1 Å². The molecule has 21 heavy (non-hydrogen) atoms. The van der Waals surface area contributed by atoms with E-state index in [-0.39, 0.29) is 6.42 Å². The summed E-state index contributed by atoms with van der Waals surface area (Å²) < 4.78 is 14.4. The largest absolute Gasteiger partial charge is 0.481 e. The number of hydrogen-bond donors (Lipinski definition) is 1. The number of nitrogens with zero attached hydrogens (tertiary/aromatic N) is 5. The van der Waals surface area contributed by atoms with Crippen molar-refractivity contribution >= 4 is 11.6 Å². The predicted molar refractivity (Wildman–Crippen MR) is 69.1 cm³/mol. The normalized spacial score (nSPS) is 12.4. The van der Waals surface area contributed by atoms with Crippen molar-refractivity contribution in [2.45, 2.75) is 12.3 Å². The molecule has 0 saturated carbocycles. The van der Waals surface area contributed by atoms with Crippen LogP contribution in [0.1, 0.15) is 17.2 Å². The van der Waals surface area contributed by atoms with Gasteiger partial charge in [-0.05, 0) is 46.7 Å². The molecule has 0 amide bonds. The average molecular weight is 287 g/mol. The highest BCUT2D eigenvalue weighted by molar-refractivity contribution is 5.75. The van der Waals surface area contributed by atoms with Gasteiger partial charge in [0, 0.05) is 0 Å². The lowest BCUT2D eigenvalue weighted by Gasteiger charge is -2.11. The number of carbonyl (C=O) groups is 1. The fourth-order valence-electron chi connectivity index (χ4n) is 2.07. The van der Waals surface area contributed by atoms with Crippen LogP contribution in [0.3, 0.4) is 0 Å². The van der Waals surface area contributed by atoms with Gasteiger partial charge in [0.2, 0.25) is 0 Å². The monoisotopic (exact) mass is 287 g/mol. The van der Waals surface area contributed by atoms with E-state index in [9.17, 15) is 14.3 Å². The Morgan fingerprint density at radius 3 is 2.95 bits per heavy atom. The summed E-state index contributed by atoms with van der Waals surface area (Å²) >= 11 is 0. The minimum Gasteiger partial charge on any atom is -0.481 e. The SMILES string of the molecule is O=C(O)C(Cc1cccc(F)c1)c1ccc2nnnn2n1. The van der Waals surface area contributed by atoms with Gasteiger partial charge in [-0.25, -0.2) is 4.39 Å². The van der Waals surface area contributed by atoms with Gasteiger partial charge in [0.05, 0.1) is 5.69 Å². The minimum absolute atomic E-state index is 0.133. The zero-order valence-electron chi connectivity index (χ0n) is 10.7. The molecule has 0 aliphatic rings. The van der Waals surface area contributed by atoms with Crippen LogP contribution >= 0.6 is 0 Å². The van der Waals surface area contributed by atoms with Crippen molar-refractivity contribution in [2.75, 3.05) is 0 Å². The highest BCUT2D eigenvalue weighted by atomic mass is 19.1. The topological polar surface area (TPSA) is 93.3 Å². The number of hydrogen-bond acceptors (Lipinski definition) is 5. The van der Waals surface area contributed by atoms with Gasteiger partial charge in [-0.3, -0.25) is 4.79 Å². The van der Waals surface area contributed by atoms with Gasteiger partial charge < -0.3 is 5.11 Å². The third kappa shape index (κ3) is 2.69.